The SMILES string of the molecule is C=CN=CN.CC.CCCCC.CN(C)C=O.CNC(=O)CCC(C=O)n1c(=O)n(C)c2c(C3CC(N4CCN(c5ccc(Nc6ncc7cc(C)n(C8CCCC8)c7n6)nc5)CC4)C3)cccc21. The number of nitrogens with two attached hydrogens (primary N) is 1. The molecule has 17 nitrogen and oxygen atoms in total. The third-order valence-corrected chi connectivity index (χ3v) is 12.9. The fraction of sp³-hybridized carbons (Fsp3) is 0.538. The maximum atomic E-state index is 13.4. The highest BCUT2D eigenvalue weighted by molar-refractivity contribution is 5.82. The Hall–Kier alpha value is -6.36. The van der Waals surface area contributed by atoms with E-state index >= 15 is 0 Å². The Bertz CT molecular complexity index is 2450. The van der Waals surface area contributed by atoms with Crippen molar-refractivity contribution in [2.75, 3.05) is 57.5 Å². The van der Waals surface area contributed by atoms with E-state index in [0.717, 1.165) is 90.9 Å². The largest absolute Gasteiger partial charge is 0.390 e. The van der Waals surface area contributed by atoms with E-state index in [0.29, 0.717) is 23.9 Å². The topological polar surface area (TPSA) is 194 Å². The number of pyridine rings is 1. The van der Waals surface area contributed by atoms with Crippen molar-refractivity contribution >= 4 is 64.5 Å². The summed E-state index contributed by atoms with van der Waals surface area (Å²) in [6, 6.07) is 12.7. The molecule has 376 valence electrons. The summed E-state index contributed by atoms with van der Waals surface area (Å²) < 4.78 is 5.62. The molecule has 1 atom stereocenters. The summed E-state index contributed by atoms with van der Waals surface area (Å²) in [4.78, 5) is 70.8. The second-order valence-electron chi connectivity index (χ2n) is 17.7. The number of aromatic nitrogens is 6. The summed E-state index contributed by atoms with van der Waals surface area (Å²) in [7, 11) is 6.73. The Morgan fingerprint density at radius 2 is 1.68 bits per heavy atom. The van der Waals surface area contributed by atoms with Gasteiger partial charge in [0.25, 0.3) is 0 Å². The number of aryl methyl sites for hydroxylation is 2. The lowest BCUT2D eigenvalue weighted by atomic mass is 9.74. The molecule has 8 rings (SSSR count). The molecular formula is C52H79N13O4. The number of anilines is 3. The smallest absolute Gasteiger partial charge is 0.329 e. The van der Waals surface area contributed by atoms with Gasteiger partial charge >= 0.3 is 5.69 Å². The van der Waals surface area contributed by atoms with E-state index in [2.05, 4.69) is 80.5 Å². The number of aliphatic imine (C=N–C) groups is 1. The van der Waals surface area contributed by atoms with E-state index < -0.39 is 6.04 Å². The average Bonchev–Trinajstić information content (AvgIpc) is 4.07. The molecule has 1 aliphatic heterocycles. The van der Waals surface area contributed by atoms with Gasteiger partial charge < -0.3 is 35.5 Å². The van der Waals surface area contributed by atoms with Gasteiger partial charge in [-0.25, -0.2) is 19.8 Å². The first-order valence-corrected chi connectivity index (χ1v) is 24.8. The molecule has 4 N–H and O–H groups in total. The van der Waals surface area contributed by atoms with Gasteiger partial charge in [-0.2, -0.15) is 4.98 Å². The number of fused-ring (bicyclic) bond motifs is 2. The number of hydrogen-bond donors (Lipinski definition) is 3. The molecule has 1 unspecified atom stereocenters. The van der Waals surface area contributed by atoms with E-state index in [1.165, 1.54) is 68.1 Å². The molecule has 0 spiro atoms. The number of carbonyl (C=O) groups excluding carboxylic acids is 3. The molecule has 2 amide bonds. The molecular weight excluding hydrogens is 871 g/mol. The summed E-state index contributed by atoms with van der Waals surface area (Å²) in [6.45, 7) is 17.7. The van der Waals surface area contributed by atoms with Crippen molar-refractivity contribution in [3.05, 3.63) is 83.3 Å². The second kappa shape index (κ2) is 28.2. The number of para-hydroxylation sites is 1. The quantitative estimate of drug-likeness (QED) is 0.0523. The van der Waals surface area contributed by atoms with Crippen LogP contribution in [0.4, 0.5) is 17.5 Å². The zero-order valence-electron chi connectivity index (χ0n) is 42.7. The highest BCUT2D eigenvalue weighted by Crippen LogP contribution is 2.43. The first-order valence-electron chi connectivity index (χ1n) is 24.8. The average molecular weight is 950 g/mol. The number of piperazine rings is 1. The van der Waals surface area contributed by atoms with Gasteiger partial charge in [-0.15, -0.1) is 0 Å². The Morgan fingerprint density at radius 1 is 1.00 bits per heavy atom. The number of amides is 2. The molecule has 17 heteroatoms. The van der Waals surface area contributed by atoms with Gasteiger partial charge in [-0.3, -0.25) is 23.6 Å². The first kappa shape index (κ1) is 55.2. The number of unbranched alkanes of at least 4 members (excludes halogenated alkanes) is 2. The Morgan fingerprint density at radius 3 is 2.22 bits per heavy atom. The molecule has 3 aliphatic rings. The number of aldehydes is 1. The Labute approximate surface area is 409 Å². The maximum Gasteiger partial charge on any atom is 0.329 e. The number of carbonyl (C=O) groups is 3. The predicted octanol–water partition coefficient (Wildman–Crippen LogP) is 8.03. The molecule has 1 saturated heterocycles. The van der Waals surface area contributed by atoms with Gasteiger partial charge in [0.05, 0.1) is 35.3 Å². The molecule has 5 heterocycles. The highest BCUT2D eigenvalue weighted by Gasteiger charge is 2.37. The minimum Gasteiger partial charge on any atom is -0.390 e. The van der Waals surface area contributed by atoms with E-state index in [1.807, 2.05) is 44.4 Å². The lowest BCUT2D eigenvalue weighted by molar-refractivity contribution is -0.121. The molecule has 0 bridgehead atoms. The number of rotatable bonds is 15. The van der Waals surface area contributed by atoms with Gasteiger partial charge in [-0.1, -0.05) is 78.5 Å². The normalized spacial score (nSPS) is 17.1. The third-order valence-electron chi connectivity index (χ3n) is 12.9. The predicted molar refractivity (Wildman–Crippen MR) is 282 cm³/mol. The monoisotopic (exact) mass is 950 g/mol. The van der Waals surface area contributed by atoms with Crippen LogP contribution in [-0.4, -0.2) is 117 Å². The summed E-state index contributed by atoms with van der Waals surface area (Å²) in [5.74, 6) is 1.49. The van der Waals surface area contributed by atoms with Crippen molar-refractivity contribution < 1.29 is 14.4 Å². The highest BCUT2D eigenvalue weighted by atomic mass is 16.2. The van der Waals surface area contributed by atoms with Gasteiger partial charge in [0, 0.05) is 96.4 Å². The van der Waals surface area contributed by atoms with Crippen LogP contribution in [0.15, 0.2) is 71.4 Å². The molecule has 3 fully saturated rings. The molecule has 0 radical (unpaired) electrons. The van der Waals surface area contributed by atoms with Gasteiger partial charge in [0.2, 0.25) is 18.3 Å². The summed E-state index contributed by atoms with van der Waals surface area (Å²) in [5, 5.41) is 6.99. The third kappa shape index (κ3) is 14.6. The van der Waals surface area contributed by atoms with Gasteiger partial charge in [0.15, 0.2) is 0 Å². The molecule has 4 aromatic heterocycles. The van der Waals surface area contributed by atoms with Crippen molar-refractivity contribution in [1.29, 1.82) is 0 Å². The molecule has 5 aromatic rings. The second-order valence-corrected chi connectivity index (χ2v) is 17.7. The van der Waals surface area contributed by atoms with Crippen molar-refractivity contribution in [3.8, 4) is 0 Å². The van der Waals surface area contributed by atoms with Crippen LogP contribution < -0.4 is 27.0 Å². The van der Waals surface area contributed by atoms with Crippen LogP contribution in [0, 0.1) is 6.92 Å². The number of nitrogens with one attached hydrogen (secondary N) is 2. The Kier molecular flexibility index (Phi) is 22.6. The van der Waals surface area contributed by atoms with E-state index in [-0.39, 0.29) is 24.4 Å². The van der Waals surface area contributed by atoms with Crippen LogP contribution in [0.5, 0.6) is 0 Å². The van der Waals surface area contributed by atoms with Crippen molar-refractivity contribution in [3.63, 3.8) is 0 Å². The summed E-state index contributed by atoms with van der Waals surface area (Å²) in [5.41, 5.74) is 10.7. The van der Waals surface area contributed by atoms with Gasteiger partial charge in [-0.05, 0) is 74.8 Å². The fourth-order valence-corrected chi connectivity index (χ4v) is 9.26. The van der Waals surface area contributed by atoms with Crippen LogP contribution >= 0.6 is 0 Å². The number of hydrogen-bond acceptors (Lipinski definition) is 11. The number of nitrogens with zero attached hydrogens (tertiary/aromatic N) is 10. The summed E-state index contributed by atoms with van der Waals surface area (Å²) in [6.07, 6.45) is 19.5. The van der Waals surface area contributed by atoms with E-state index in [1.54, 1.807) is 37.3 Å². The molecule has 2 saturated carbocycles. The minimum atomic E-state index is -0.690. The maximum absolute atomic E-state index is 13.4. The fourth-order valence-electron chi connectivity index (χ4n) is 9.26. The van der Waals surface area contributed by atoms with Crippen LogP contribution in [-0.2, 0) is 21.4 Å². The lowest BCUT2D eigenvalue weighted by Crippen LogP contribution is -2.53. The van der Waals surface area contributed by atoms with E-state index in [4.69, 9.17) is 15.7 Å². The summed E-state index contributed by atoms with van der Waals surface area (Å²) >= 11 is 0. The molecule has 69 heavy (non-hydrogen) atoms. The van der Waals surface area contributed by atoms with Crippen LogP contribution in [0.2, 0.25) is 0 Å². The first-order chi connectivity index (χ1) is 33.4. The molecule has 1 aromatic carbocycles. The zero-order valence-corrected chi connectivity index (χ0v) is 42.7. The minimum absolute atomic E-state index is 0.149. The zero-order chi connectivity index (χ0) is 50.5. The van der Waals surface area contributed by atoms with Crippen LogP contribution in [0.1, 0.15) is 128 Å². The van der Waals surface area contributed by atoms with Crippen molar-refractivity contribution in [2.24, 2.45) is 17.8 Å². The van der Waals surface area contributed by atoms with E-state index in [9.17, 15) is 19.2 Å². The molecule has 2 aliphatic carbocycles. The van der Waals surface area contributed by atoms with Crippen molar-refractivity contribution in [2.45, 2.75) is 129 Å². The standard InChI is InChI=1S/C39H48N10O3.C5H12.C3H6N2.C3H7NO.C2H6/c1-25-19-27-22-42-38(44-37(27)48(25)28-7-4-5-8-28)43-34-13-11-29(23-41-34)46-15-17-47(18-16-46)31-20-26(21-31)32-9-6-10-33-36(32)45(3)39(52)49(33)30(24-50)12-14-35(51)40-2;1-3-5-4-2;1-2-5-3-4;1-4(2)3-5;1-2/h6,9-11,13,19,22-24,26,28,30-31H,4-5,7-8,12,14-18,20-21H2,1-3H3,(H,40,51)(H,41,42,43,44);3-5H2,1-2H3;2-3H,1H2,(H2,4,5);3H,1-2H3;1-2H3. The Balaban J connectivity index is 0.000000529. The lowest BCUT2D eigenvalue weighted by Gasteiger charge is -2.47. The number of benzene rings is 1. The van der Waals surface area contributed by atoms with Gasteiger partial charge in [0.1, 0.15) is 17.8 Å². The van der Waals surface area contributed by atoms with Crippen molar-refractivity contribution in [1.82, 2.24) is 43.8 Å². The number of imidazole rings is 1. The van der Waals surface area contributed by atoms with Crippen LogP contribution in [0.3, 0.4) is 0 Å². The van der Waals surface area contributed by atoms with Crippen LogP contribution in [0.25, 0.3) is 22.1 Å².